The Hall–Kier alpha value is -2.41. The lowest BCUT2D eigenvalue weighted by molar-refractivity contribution is -0.132. The summed E-state index contributed by atoms with van der Waals surface area (Å²) in [5.74, 6) is 0.484. The molecule has 2 amide bonds. The van der Waals surface area contributed by atoms with Crippen LogP contribution in [0.15, 0.2) is 30.7 Å². The first-order valence-electron chi connectivity index (χ1n) is 9.85. The number of aromatic nitrogens is 3. The van der Waals surface area contributed by atoms with E-state index in [0.29, 0.717) is 18.2 Å². The first-order valence-corrected chi connectivity index (χ1v) is 10.2. The quantitative estimate of drug-likeness (QED) is 0.714. The number of nitrogens with zero attached hydrogens (tertiary/aromatic N) is 5. The van der Waals surface area contributed by atoms with Crippen molar-refractivity contribution in [3.63, 3.8) is 0 Å². The van der Waals surface area contributed by atoms with Crippen molar-refractivity contribution < 1.29 is 9.59 Å². The van der Waals surface area contributed by atoms with Gasteiger partial charge in [0.1, 0.15) is 5.69 Å². The third-order valence-electron chi connectivity index (χ3n) is 5.30. The monoisotopic (exact) mass is 401 g/mol. The van der Waals surface area contributed by atoms with Crippen LogP contribution in [0.2, 0.25) is 5.15 Å². The molecule has 1 saturated carbocycles. The van der Waals surface area contributed by atoms with Gasteiger partial charge in [0, 0.05) is 38.7 Å². The Kier molecular flexibility index (Phi) is 5.62. The van der Waals surface area contributed by atoms with Gasteiger partial charge >= 0.3 is 0 Å². The van der Waals surface area contributed by atoms with Crippen LogP contribution in [0.25, 0.3) is 5.69 Å². The van der Waals surface area contributed by atoms with Gasteiger partial charge in [-0.05, 0) is 43.7 Å². The largest absolute Gasteiger partial charge is 0.343 e. The predicted molar refractivity (Wildman–Crippen MR) is 106 cm³/mol. The summed E-state index contributed by atoms with van der Waals surface area (Å²) < 4.78 is 1.63. The summed E-state index contributed by atoms with van der Waals surface area (Å²) in [6.07, 6.45) is 9.92. The lowest BCUT2D eigenvalue weighted by atomic mass is 10.2. The molecule has 7 nitrogen and oxygen atoms in total. The molecule has 3 heterocycles. The van der Waals surface area contributed by atoms with Gasteiger partial charge in [0.15, 0.2) is 5.15 Å². The highest BCUT2D eigenvalue weighted by molar-refractivity contribution is 6.32. The van der Waals surface area contributed by atoms with Crippen LogP contribution in [0.4, 0.5) is 5.69 Å². The Balaban J connectivity index is 1.48. The minimum absolute atomic E-state index is 0.0642. The van der Waals surface area contributed by atoms with E-state index < -0.39 is 0 Å². The smallest absolute Gasteiger partial charge is 0.227 e. The standard InChI is InChI=1S/C20H24ClN5O2/c21-20-17(14-26(23-20)16-4-3-9-22-12-16)25(13-15-5-6-15)19(28)8-7-18(27)24-10-1-2-11-24/h3-4,9,12,14-15H,1-2,5-8,10-11,13H2. The van der Waals surface area contributed by atoms with E-state index in [-0.39, 0.29) is 29.8 Å². The minimum Gasteiger partial charge on any atom is -0.343 e. The van der Waals surface area contributed by atoms with Crippen LogP contribution in [-0.4, -0.2) is 51.1 Å². The maximum Gasteiger partial charge on any atom is 0.227 e. The van der Waals surface area contributed by atoms with E-state index >= 15 is 0 Å². The third-order valence-corrected chi connectivity index (χ3v) is 5.57. The molecular formula is C20H24ClN5O2. The number of carbonyl (C=O) groups excluding carboxylic acids is 2. The fourth-order valence-electron chi connectivity index (χ4n) is 3.51. The van der Waals surface area contributed by atoms with Gasteiger partial charge in [0.05, 0.1) is 18.1 Å². The van der Waals surface area contributed by atoms with Crippen molar-refractivity contribution in [3.05, 3.63) is 35.9 Å². The second kappa shape index (κ2) is 8.31. The molecule has 0 radical (unpaired) electrons. The molecule has 4 rings (SSSR count). The molecule has 28 heavy (non-hydrogen) atoms. The van der Waals surface area contributed by atoms with E-state index in [1.807, 2.05) is 17.0 Å². The van der Waals surface area contributed by atoms with Crippen LogP contribution in [-0.2, 0) is 9.59 Å². The average Bonchev–Trinajstić information content (AvgIpc) is 3.20. The molecule has 0 aromatic carbocycles. The van der Waals surface area contributed by atoms with Crippen LogP contribution < -0.4 is 4.90 Å². The zero-order chi connectivity index (χ0) is 19.5. The summed E-state index contributed by atoms with van der Waals surface area (Å²) in [7, 11) is 0. The number of likely N-dealkylation sites (tertiary alicyclic amines) is 1. The average molecular weight is 402 g/mol. The molecule has 2 aromatic heterocycles. The van der Waals surface area contributed by atoms with E-state index in [0.717, 1.165) is 44.5 Å². The third kappa shape index (κ3) is 4.35. The normalized spacial score (nSPS) is 16.4. The van der Waals surface area contributed by atoms with Gasteiger partial charge in [-0.15, -0.1) is 0 Å². The molecule has 148 valence electrons. The van der Waals surface area contributed by atoms with Gasteiger partial charge in [0.25, 0.3) is 0 Å². The second-order valence-electron chi connectivity index (χ2n) is 7.50. The fraction of sp³-hybridized carbons (Fsp3) is 0.500. The second-order valence-corrected chi connectivity index (χ2v) is 7.85. The van der Waals surface area contributed by atoms with Crippen molar-refractivity contribution in [1.82, 2.24) is 19.7 Å². The zero-order valence-electron chi connectivity index (χ0n) is 15.8. The van der Waals surface area contributed by atoms with Gasteiger partial charge < -0.3 is 9.80 Å². The highest BCUT2D eigenvalue weighted by atomic mass is 35.5. The number of carbonyl (C=O) groups is 2. The maximum atomic E-state index is 13.0. The number of pyridine rings is 1. The summed E-state index contributed by atoms with van der Waals surface area (Å²) in [5.41, 5.74) is 1.37. The molecule has 0 spiro atoms. The molecule has 8 heteroatoms. The Bertz CT molecular complexity index is 844. The van der Waals surface area contributed by atoms with Crippen LogP contribution in [0.1, 0.15) is 38.5 Å². The molecule has 1 saturated heterocycles. The van der Waals surface area contributed by atoms with Crippen LogP contribution in [0.3, 0.4) is 0 Å². The summed E-state index contributed by atoms with van der Waals surface area (Å²) in [4.78, 5) is 32.9. The number of hydrogen-bond donors (Lipinski definition) is 0. The van der Waals surface area contributed by atoms with Crippen molar-refractivity contribution in [1.29, 1.82) is 0 Å². The summed E-state index contributed by atoms with van der Waals surface area (Å²) in [6.45, 7) is 2.24. The zero-order valence-corrected chi connectivity index (χ0v) is 16.5. The number of rotatable bonds is 7. The van der Waals surface area contributed by atoms with E-state index in [4.69, 9.17) is 11.6 Å². The number of halogens is 1. The van der Waals surface area contributed by atoms with Gasteiger partial charge in [-0.25, -0.2) is 4.68 Å². The van der Waals surface area contributed by atoms with Crippen LogP contribution in [0, 0.1) is 5.92 Å². The fourth-order valence-corrected chi connectivity index (χ4v) is 3.75. The number of hydrogen-bond acceptors (Lipinski definition) is 4. The molecule has 0 N–H and O–H groups in total. The molecule has 0 bridgehead atoms. The minimum atomic E-state index is -0.0768. The Morgan fingerprint density at radius 3 is 2.68 bits per heavy atom. The van der Waals surface area contributed by atoms with Crippen molar-refractivity contribution in [2.24, 2.45) is 5.92 Å². The summed E-state index contributed by atoms with van der Waals surface area (Å²) in [6, 6.07) is 3.70. The van der Waals surface area contributed by atoms with Crippen molar-refractivity contribution in [2.75, 3.05) is 24.5 Å². The Morgan fingerprint density at radius 1 is 1.21 bits per heavy atom. The van der Waals surface area contributed by atoms with E-state index in [9.17, 15) is 9.59 Å². The SMILES string of the molecule is O=C(CCC(=O)N(CC1CC1)c1cn(-c2cccnc2)nc1Cl)N1CCCC1. The first kappa shape index (κ1) is 18.9. The molecule has 2 aromatic rings. The molecule has 1 aliphatic heterocycles. The topological polar surface area (TPSA) is 71.3 Å². The van der Waals surface area contributed by atoms with Crippen LogP contribution in [0.5, 0.6) is 0 Å². The van der Waals surface area contributed by atoms with Crippen molar-refractivity contribution in [3.8, 4) is 5.69 Å². The van der Waals surface area contributed by atoms with Crippen LogP contribution >= 0.6 is 11.6 Å². The van der Waals surface area contributed by atoms with Gasteiger partial charge in [-0.3, -0.25) is 14.6 Å². The van der Waals surface area contributed by atoms with E-state index in [1.165, 1.54) is 0 Å². The molecular weight excluding hydrogens is 378 g/mol. The highest BCUT2D eigenvalue weighted by Gasteiger charge is 2.30. The van der Waals surface area contributed by atoms with Crippen molar-refractivity contribution >= 4 is 29.1 Å². The first-order chi connectivity index (χ1) is 13.6. The number of amides is 2. The summed E-state index contributed by atoms with van der Waals surface area (Å²) >= 11 is 6.38. The molecule has 2 aliphatic rings. The highest BCUT2D eigenvalue weighted by Crippen LogP contribution is 2.34. The van der Waals surface area contributed by atoms with E-state index in [2.05, 4.69) is 10.1 Å². The van der Waals surface area contributed by atoms with Gasteiger partial charge in [-0.1, -0.05) is 11.6 Å². The number of anilines is 1. The molecule has 0 atom stereocenters. The maximum absolute atomic E-state index is 13.0. The molecule has 0 unspecified atom stereocenters. The Labute approximate surface area is 169 Å². The summed E-state index contributed by atoms with van der Waals surface area (Å²) in [5, 5.41) is 4.62. The van der Waals surface area contributed by atoms with E-state index in [1.54, 1.807) is 28.2 Å². The molecule has 1 aliphatic carbocycles. The lowest BCUT2D eigenvalue weighted by Gasteiger charge is -2.22. The van der Waals surface area contributed by atoms with Gasteiger partial charge in [0.2, 0.25) is 11.8 Å². The van der Waals surface area contributed by atoms with Gasteiger partial charge in [-0.2, -0.15) is 5.10 Å². The molecule has 2 fully saturated rings. The predicted octanol–water partition coefficient (Wildman–Crippen LogP) is 3.07. The lowest BCUT2D eigenvalue weighted by Crippen LogP contribution is -2.34. The van der Waals surface area contributed by atoms with Crippen molar-refractivity contribution in [2.45, 2.75) is 38.5 Å². The Morgan fingerprint density at radius 2 is 2.00 bits per heavy atom.